The quantitative estimate of drug-likeness (QED) is 0.722. The second-order valence-electron chi connectivity index (χ2n) is 5.19. The molecule has 1 unspecified atom stereocenters. The van der Waals surface area contributed by atoms with E-state index in [1.807, 2.05) is 24.3 Å². The van der Waals surface area contributed by atoms with E-state index >= 15 is 0 Å². The summed E-state index contributed by atoms with van der Waals surface area (Å²) in [5, 5.41) is 9.24. The average molecular weight is 282 g/mol. The number of carbonyl (C=O) groups is 1. The normalized spacial score (nSPS) is 18.5. The number of rotatable bonds is 2. The third-order valence-electron chi connectivity index (χ3n) is 3.85. The van der Waals surface area contributed by atoms with Crippen molar-refractivity contribution in [2.45, 2.75) is 12.5 Å². The molecule has 3 aromatic rings. The van der Waals surface area contributed by atoms with Gasteiger partial charge >= 0.3 is 0 Å². The molecule has 1 atom stereocenters. The third-order valence-corrected chi connectivity index (χ3v) is 3.85. The zero-order valence-corrected chi connectivity index (χ0v) is 11.3. The van der Waals surface area contributed by atoms with E-state index in [-0.39, 0.29) is 11.9 Å². The fourth-order valence-corrected chi connectivity index (χ4v) is 2.77. The summed E-state index contributed by atoms with van der Waals surface area (Å²) in [5.41, 5.74) is 0.741. The van der Waals surface area contributed by atoms with Crippen LogP contribution in [-0.4, -0.2) is 38.9 Å². The van der Waals surface area contributed by atoms with Gasteiger partial charge in [-0.1, -0.05) is 18.2 Å². The van der Waals surface area contributed by atoms with Crippen LogP contribution in [0.15, 0.2) is 47.1 Å². The Kier molecular flexibility index (Phi) is 2.73. The van der Waals surface area contributed by atoms with Gasteiger partial charge < -0.3 is 9.32 Å². The Bertz CT molecular complexity index is 745. The number of hydrogen-bond acceptors (Lipinski definition) is 4. The van der Waals surface area contributed by atoms with Gasteiger partial charge in [-0.2, -0.15) is 15.0 Å². The van der Waals surface area contributed by atoms with Gasteiger partial charge in [-0.25, -0.2) is 0 Å². The number of para-hydroxylation sites is 1. The highest BCUT2D eigenvalue weighted by atomic mass is 16.3. The van der Waals surface area contributed by atoms with Crippen LogP contribution in [0.4, 0.5) is 0 Å². The molecule has 1 amide bonds. The monoisotopic (exact) mass is 282 g/mol. The van der Waals surface area contributed by atoms with Gasteiger partial charge in [-0.05, 0) is 18.6 Å². The minimum Gasteiger partial charge on any atom is -0.451 e. The molecule has 4 rings (SSSR count). The lowest BCUT2D eigenvalue weighted by atomic mass is 10.2. The number of fused-ring (bicyclic) bond motifs is 1. The fraction of sp³-hybridized carbons (Fsp3) is 0.267. The Labute approximate surface area is 121 Å². The SMILES string of the molecule is O=C(c1cc2ccccc2o1)N1CCC(n2nccn2)C1. The zero-order chi connectivity index (χ0) is 14.2. The van der Waals surface area contributed by atoms with Crippen molar-refractivity contribution in [3.05, 3.63) is 48.5 Å². The molecule has 0 spiro atoms. The second-order valence-corrected chi connectivity index (χ2v) is 5.19. The minimum atomic E-state index is -0.0687. The number of likely N-dealkylation sites (tertiary alicyclic amines) is 1. The van der Waals surface area contributed by atoms with Gasteiger partial charge in [0, 0.05) is 18.5 Å². The van der Waals surface area contributed by atoms with Gasteiger partial charge in [0.2, 0.25) is 0 Å². The van der Waals surface area contributed by atoms with Crippen LogP contribution in [0.2, 0.25) is 0 Å². The number of carbonyl (C=O) groups excluding carboxylic acids is 1. The van der Waals surface area contributed by atoms with Gasteiger partial charge in [-0.15, -0.1) is 0 Å². The Balaban J connectivity index is 1.55. The predicted octanol–water partition coefficient (Wildman–Crippen LogP) is 2.11. The molecule has 0 aliphatic carbocycles. The summed E-state index contributed by atoms with van der Waals surface area (Å²) in [7, 11) is 0. The van der Waals surface area contributed by atoms with Crippen molar-refractivity contribution < 1.29 is 9.21 Å². The number of benzene rings is 1. The lowest BCUT2D eigenvalue weighted by molar-refractivity contribution is 0.0757. The number of furan rings is 1. The molecule has 0 radical (unpaired) electrons. The largest absolute Gasteiger partial charge is 0.451 e. The first kappa shape index (κ1) is 12.1. The molecule has 1 saturated heterocycles. The number of amides is 1. The van der Waals surface area contributed by atoms with E-state index < -0.39 is 0 Å². The second kappa shape index (κ2) is 4.73. The van der Waals surface area contributed by atoms with Gasteiger partial charge in [0.1, 0.15) is 5.58 Å². The molecular formula is C15H14N4O2. The first-order valence-electron chi connectivity index (χ1n) is 6.95. The van der Waals surface area contributed by atoms with Crippen molar-refractivity contribution in [1.29, 1.82) is 0 Å². The molecule has 6 heteroatoms. The molecule has 0 bridgehead atoms. The van der Waals surface area contributed by atoms with E-state index in [0.29, 0.717) is 18.8 Å². The van der Waals surface area contributed by atoms with Crippen molar-refractivity contribution >= 4 is 16.9 Å². The third kappa shape index (κ3) is 2.08. The van der Waals surface area contributed by atoms with Crippen LogP contribution in [0.25, 0.3) is 11.0 Å². The smallest absolute Gasteiger partial charge is 0.289 e. The highest BCUT2D eigenvalue weighted by Crippen LogP contribution is 2.24. The molecule has 2 aromatic heterocycles. The van der Waals surface area contributed by atoms with Crippen LogP contribution in [0.1, 0.15) is 23.0 Å². The Hall–Kier alpha value is -2.63. The summed E-state index contributed by atoms with van der Waals surface area (Å²) in [6.45, 7) is 1.31. The molecule has 3 heterocycles. The van der Waals surface area contributed by atoms with Crippen LogP contribution in [0.3, 0.4) is 0 Å². The van der Waals surface area contributed by atoms with Crippen molar-refractivity contribution in [3.63, 3.8) is 0 Å². The van der Waals surface area contributed by atoms with Crippen molar-refractivity contribution in [3.8, 4) is 0 Å². The first-order valence-corrected chi connectivity index (χ1v) is 6.95. The standard InChI is InChI=1S/C15H14N4O2/c20-15(14-9-11-3-1-2-4-13(11)21-14)18-8-5-12(10-18)19-16-6-7-17-19/h1-4,6-7,9,12H,5,8,10H2. The molecule has 21 heavy (non-hydrogen) atoms. The van der Waals surface area contributed by atoms with Crippen LogP contribution in [0, 0.1) is 0 Å². The maximum atomic E-state index is 12.5. The lowest BCUT2D eigenvalue weighted by Crippen LogP contribution is -2.29. The Morgan fingerprint density at radius 2 is 2.05 bits per heavy atom. The van der Waals surface area contributed by atoms with Crippen molar-refractivity contribution in [2.75, 3.05) is 13.1 Å². The summed E-state index contributed by atoms with van der Waals surface area (Å²) >= 11 is 0. The van der Waals surface area contributed by atoms with Crippen LogP contribution in [0.5, 0.6) is 0 Å². The van der Waals surface area contributed by atoms with E-state index in [1.54, 1.807) is 28.2 Å². The summed E-state index contributed by atoms with van der Waals surface area (Å²) < 4.78 is 5.64. The molecular weight excluding hydrogens is 268 g/mol. The first-order chi connectivity index (χ1) is 10.3. The van der Waals surface area contributed by atoms with Gasteiger partial charge in [0.15, 0.2) is 5.76 Å². The molecule has 0 saturated carbocycles. The summed E-state index contributed by atoms with van der Waals surface area (Å²) in [6.07, 6.45) is 4.17. The minimum absolute atomic E-state index is 0.0687. The highest BCUT2D eigenvalue weighted by molar-refractivity contribution is 5.96. The number of nitrogens with zero attached hydrogens (tertiary/aromatic N) is 4. The summed E-state index contributed by atoms with van der Waals surface area (Å²) in [6, 6.07) is 9.59. The maximum absolute atomic E-state index is 12.5. The lowest BCUT2D eigenvalue weighted by Gasteiger charge is -2.14. The summed E-state index contributed by atoms with van der Waals surface area (Å²) in [5.74, 6) is 0.325. The predicted molar refractivity (Wildman–Crippen MR) is 75.8 cm³/mol. The van der Waals surface area contributed by atoms with Crippen molar-refractivity contribution in [1.82, 2.24) is 19.9 Å². The van der Waals surface area contributed by atoms with Crippen LogP contribution < -0.4 is 0 Å². The van der Waals surface area contributed by atoms with E-state index in [9.17, 15) is 4.79 Å². The van der Waals surface area contributed by atoms with Crippen molar-refractivity contribution in [2.24, 2.45) is 0 Å². The number of aromatic nitrogens is 3. The van der Waals surface area contributed by atoms with E-state index in [4.69, 9.17) is 4.42 Å². The van der Waals surface area contributed by atoms with Crippen LogP contribution in [-0.2, 0) is 0 Å². The number of hydrogen-bond donors (Lipinski definition) is 0. The zero-order valence-electron chi connectivity index (χ0n) is 11.3. The topological polar surface area (TPSA) is 64.2 Å². The van der Waals surface area contributed by atoms with E-state index in [2.05, 4.69) is 10.2 Å². The van der Waals surface area contributed by atoms with E-state index in [1.165, 1.54) is 0 Å². The molecule has 1 fully saturated rings. The average Bonchev–Trinajstić information content (AvgIpc) is 3.24. The maximum Gasteiger partial charge on any atom is 0.289 e. The van der Waals surface area contributed by atoms with Gasteiger partial charge in [-0.3, -0.25) is 4.79 Å². The Morgan fingerprint density at radius 1 is 1.24 bits per heavy atom. The molecule has 6 nitrogen and oxygen atoms in total. The molecule has 0 N–H and O–H groups in total. The van der Waals surface area contributed by atoms with E-state index in [0.717, 1.165) is 17.4 Å². The van der Waals surface area contributed by atoms with Crippen LogP contribution >= 0.6 is 0 Å². The molecule has 1 aliphatic heterocycles. The Morgan fingerprint density at radius 3 is 2.86 bits per heavy atom. The fourth-order valence-electron chi connectivity index (χ4n) is 2.77. The molecule has 106 valence electrons. The van der Waals surface area contributed by atoms with Gasteiger partial charge in [0.25, 0.3) is 5.91 Å². The molecule has 1 aromatic carbocycles. The molecule has 1 aliphatic rings. The summed E-state index contributed by atoms with van der Waals surface area (Å²) in [4.78, 5) is 16.0. The highest BCUT2D eigenvalue weighted by Gasteiger charge is 2.30. The van der Waals surface area contributed by atoms with Gasteiger partial charge in [0.05, 0.1) is 18.4 Å².